The van der Waals surface area contributed by atoms with Crippen LogP contribution in [0.4, 0.5) is 17.1 Å². The molecule has 0 saturated carbocycles. The molecule has 4 aromatic rings. The Morgan fingerprint density at radius 3 is 1.57 bits per heavy atom. The Kier molecular flexibility index (Phi) is 12.8. The van der Waals surface area contributed by atoms with Gasteiger partial charge in [0.2, 0.25) is 0 Å². The molecule has 10 heteroatoms. The summed E-state index contributed by atoms with van der Waals surface area (Å²) in [4.78, 5) is 38.5. The number of carbonyl (C=O) groups excluding carboxylic acids is 3. The van der Waals surface area contributed by atoms with Gasteiger partial charge in [0.15, 0.2) is 0 Å². The Hall–Kier alpha value is -5.77. The van der Waals surface area contributed by atoms with Gasteiger partial charge in [0.1, 0.15) is 17.2 Å². The van der Waals surface area contributed by atoms with Crippen molar-refractivity contribution in [3.8, 4) is 17.2 Å². The minimum absolute atomic E-state index is 0.279. The predicted molar refractivity (Wildman–Crippen MR) is 179 cm³/mol. The summed E-state index contributed by atoms with van der Waals surface area (Å²) < 4.78 is 21.5. The number of ether oxygens (including phenoxy) is 4. The highest BCUT2D eigenvalue weighted by molar-refractivity contribution is 5.92. The summed E-state index contributed by atoms with van der Waals surface area (Å²) in [6.07, 6.45) is 2.49. The van der Waals surface area contributed by atoms with E-state index < -0.39 is 17.9 Å². The molecule has 0 aromatic heterocycles. The molecule has 0 unspecified atom stereocenters. The molecule has 0 spiro atoms. The molecule has 0 amide bonds. The van der Waals surface area contributed by atoms with Crippen molar-refractivity contribution in [1.82, 2.24) is 0 Å². The quantitative estimate of drug-likeness (QED) is 0.0397. The van der Waals surface area contributed by atoms with E-state index in [0.29, 0.717) is 54.4 Å². The summed E-state index contributed by atoms with van der Waals surface area (Å²) in [6.45, 7) is 10.2. The molecule has 0 heterocycles. The number of nitrogens with zero attached hydrogens (tertiary/aromatic N) is 3. The van der Waals surface area contributed by atoms with Crippen LogP contribution in [0.2, 0.25) is 0 Å². The molecule has 0 bridgehead atoms. The standard InChI is InChI=1S/C37H37N3O7/c1-4-35(41)45-26-8-7-25-44-32-19-9-27(10-20-32)36(42)46-33-21-11-28(12-22-33)37(43)47-34-23-15-30(16-24-34)39-38-29-13-17-31(18-14-29)40(5-2)6-3/h4,9-24H,1,5-8,25-26H2,2-3H3. The summed E-state index contributed by atoms with van der Waals surface area (Å²) in [6, 6.07) is 27.3. The first-order valence-corrected chi connectivity index (χ1v) is 15.3. The fourth-order valence-electron chi connectivity index (χ4n) is 4.32. The monoisotopic (exact) mass is 635 g/mol. The molecule has 0 N–H and O–H groups in total. The zero-order chi connectivity index (χ0) is 33.4. The van der Waals surface area contributed by atoms with Gasteiger partial charge in [-0.25, -0.2) is 14.4 Å². The van der Waals surface area contributed by atoms with E-state index in [4.69, 9.17) is 18.9 Å². The molecule has 0 fully saturated rings. The van der Waals surface area contributed by atoms with E-state index in [9.17, 15) is 14.4 Å². The van der Waals surface area contributed by atoms with E-state index in [0.717, 1.165) is 30.5 Å². The smallest absolute Gasteiger partial charge is 0.343 e. The number of azo groups is 1. The highest BCUT2D eigenvalue weighted by Gasteiger charge is 2.12. The van der Waals surface area contributed by atoms with E-state index in [-0.39, 0.29) is 5.75 Å². The van der Waals surface area contributed by atoms with Crippen LogP contribution >= 0.6 is 0 Å². The topological polar surface area (TPSA) is 116 Å². The molecule has 4 aromatic carbocycles. The Bertz CT molecular complexity index is 1650. The average molecular weight is 636 g/mol. The summed E-state index contributed by atoms with van der Waals surface area (Å²) in [5.74, 6) is -0.318. The second-order valence-electron chi connectivity index (χ2n) is 10.1. The Balaban J connectivity index is 1.21. The lowest BCUT2D eigenvalue weighted by Crippen LogP contribution is -2.21. The van der Waals surface area contributed by atoms with Gasteiger partial charge < -0.3 is 23.8 Å². The van der Waals surface area contributed by atoms with Crippen LogP contribution in [0.1, 0.15) is 47.4 Å². The van der Waals surface area contributed by atoms with Gasteiger partial charge in [-0.05, 0) is 124 Å². The Morgan fingerprint density at radius 1 is 0.638 bits per heavy atom. The first-order chi connectivity index (χ1) is 22.9. The van der Waals surface area contributed by atoms with Gasteiger partial charge in [-0.15, -0.1) is 0 Å². The van der Waals surface area contributed by atoms with Gasteiger partial charge in [0, 0.05) is 24.9 Å². The third-order valence-electron chi connectivity index (χ3n) is 6.92. The third kappa shape index (κ3) is 10.7. The number of hydrogen-bond acceptors (Lipinski definition) is 10. The van der Waals surface area contributed by atoms with E-state index in [1.807, 2.05) is 24.3 Å². The largest absolute Gasteiger partial charge is 0.494 e. The van der Waals surface area contributed by atoms with Crippen molar-refractivity contribution < 1.29 is 33.3 Å². The average Bonchev–Trinajstić information content (AvgIpc) is 3.11. The predicted octanol–water partition coefficient (Wildman–Crippen LogP) is 8.27. The number of rotatable bonds is 16. The first kappa shape index (κ1) is 34.1. The van der Waals surface area contributed by atoms with Gasteiger partial charge >= 0.3 is 17.9 Å². The van der Waals surface area contributed by atoms with Crippen molar-refractivity contribution in [2.24, 2.45) is 10.2 Å². The van der Waals surface area contributed by atoms with Gasteiger partial charge in [-0.2, -0.15) is 10.2 Å². The maximum absolute atomic E-state index is 12.7. The lowest BCUT2D eigenvalue weighted by atomic mass is 10.2. The second-order valence-corrected chi connectivity index (χ2v) is 10.1. The van der Waals surface area contributed by atoms with Crippen LogP contribution in [0, 0.1) is 0 Å². The van der Waals surface area contributed by atoms with Crippen LogP contribution in [0.15, 0.2) is 120 Å². The summed E-state index contributed by atoms with van der Waals surface area (Å²) >= 11 is 0. The van der Waals surface area contributed by atoms with Gasteiger partial charge in [0.25, 0.3) is 0 Å². The van der Waals surface area contributed by atoms with Crippen molar-refractivity contribution >= 4 is 35.0 Å². The van der Waals surface area contributed by atoms with Crippen molar-refractivity contribution in [1.29, 1.82) is 0 Å². The van der Waals surface area contributed by atoms with Crippen LogP contribution in [-0.4, -0.2) is 44.2 Å². The second kappa shape index (κ2) is 17.6. The van der Waals surface area contributed by atoms with E-state index in [2.05, 4.69) is 35.6 Å². The summed E-state index contributed by atoms with van der Waals surface area (Å²) in [5.41, 5.74) is 3.13. The molecule has 0 aliphatic heterocycles. The van der Waals surface area contributed by atoms with Gasteiger partial charge in [-0.3, -0.25) is 0 Å². The SMILES string of the molecule is C=CC(=O)OCCCCOc1ccc(C(=O)Oc2ccc(C(=O)Oc3ccc(N=Nc4ccc(N(CC)CC)cc4)cc3)cc2)cc1. The van der Waals surface area contributed by atoms with Crippen LogP contribution < -0.4 is 19.1 Å². The zero-order valence-electron chi connectivity index (χ0n) is 26.5. The van der Waals surface area contributed by atoms with E-state index >= 15 is 0 Å². The Morgan fingerprint density at radius 2 is 1.09 bits per heavy atom. The molecular weight excluding hydrogens is 598 g/mol. The zero-order valence-corrected chi connectivity index (χ0v) is 26.5. The Labute approximate surface area is 274 Å². The maximum atomic E-state index is 12.7. The van der Waals surface area contributed by atoms with Crippen molar-refractivity contribution in [3.05, 3.63) is 121 Å². The van der Waals surface area contributed by atoms with E-state index in [1.165, 1.54) is 24.3 Å². The molecule has 0 aliphatic carbocycles. The molecule has 4 rings (SSSR count). The van der Waals surface area contributed by atoms with Crippen LogP contribution in [0.25, 0.3) is 0 Å². The molecule has 47 heavy (non-hydrogen) atoms. The van der Waals surface area contributed by atoms with Crippen LogP contribution in [0.5, 0.6) is 17.2 Å². The number of anilines is 1. The van der Waals surface area contributed by atoms with Gasteiger partial charge in [0.05, 0.1) is 35.7 Å². The van der Waals surface area contributed by atoms with Crippen molar-refractivity contribution in [2.45, 2.75) is 26.7 Å². The van der Waals surface area contributed by atoms with E-state index in [1.54, 1.807) is 48.5 Å². The fourth-order valence-corrected chi connectivity index (χ4v) is 4.32. The molecular formula is C37H37N3O7. The van der Waals surface area contributed by atoms with Crippen molar-refractivity contribution in [2.75, 3.05) is 31.2 Å². The minimum Gasteiger partial charge on any atom is -0.494 e. The summed E-state index contributed by atoms with van der Waals surface area (Å²) in [7, 11) is 0. The number of unbranched alkanes of at least 4 members (excludes halogenated alkanes) is 1. The maximum Gasteiger partial charge on any atom is 0.343 e. The first-order valence-electron chi connectivity index (χ1n) is 15.3. The lowest BCUT2D eigenvalue weighted by molar-refractivity contribution is -0.137. The third-order valence-corrected chi connectivity index (χ3v) is 6.92. The molecule has 242 valence electrons. The number of hydrogen-bond donors (Lipinski definition) is 0. The fraction of sp³-hybridized carbons (Fsp3) is 0.216. The molecule has 0 atom stereocenters. The normalized spacial score (nSPS) is 10.7. The minimum atomic E-state index is -0.557. The van der Waals surface area contributed by atoms with Crippen molar-refractivity contribution in [3.63, 3.8) is 0 Å². The molecule has 0 radical (unpaired) electrons. The highest BCUT2D eigenvalue weighted by Crippen LogP contribution is 2.24. The summed E-state index contributed by atoms with van der Waals surface area (Å²) in [5, 5.41) is 8.55. The van der Waals surface area contributed by atoms with Crippen LogP contribution in [0.3, 0.4) is 0 Å². The lowest BCUT2D eigenvalue weighted by Gasteiger charge is -2.20. The van der Waals surface area contributed by atoms with Crippen LogP contribution in [-0.2, 0) is 9.53 Å². The number of carbonyl (C=O) groups is 3. The molecule has 10 nitrogen and oxygen atoms in total. The number of esters is 3. The highest BCUT2D eigenvalue weighted by atomic mass is 16.5. The number of benzene rings is 4. The molecule has 0 aliphatic rings. The molecule has 0 saturated heterocycles. The van der Waals surface area contributed by atoms with Gasteiger partial charge in [-0.1, -0.05) is 6.58 Å².